The summed E-state index contributed by atoms with van der Waals surface area (Å²) < 4.78 is 0. The first-order chi connectivity index (χ1) is 8.69. The average molecular weight is 258 g/mol. The molecule has 2 aromatic rings. The van der Waals surface area contributed by atoms with Crippen LogP contribution in [0.5, 0.6) is 0 Å². The Labute approximate surface area is 110 Å². The molecule has 0 saturated carbocycles. The molecule has 0 radical (unpaired) electrons. The van der Waals surface area contributed by atoms with Crippen molar-refractivity contribution in [1.29, 1.82) is 5.26 Å². The molecule has 0 aliphatic rings. The molecular weight excluding hydrogens is 244 g/mol. The molecule has 18 heavy (non-hydrogen) atoms. The van der Waals surface area contributed by atoms with E-state index in [-0.39, 0.29) is 0 Å². The van der Waals surface area contributed by atoms with Crippen LogP contribution in [0.1, 0.15) is 36.7 Å². The van der Waals surface area contributed by atoms with Crippen molar-refractivity contribution in [2.24, 2.45) is 0 Å². The highest BCUT2D eigenvalue weighted by molar-refractivity contribution is 7.98. The van der Waals surface area contributed by atoms with Crippen LogP contribution in [-0.2, 0) is 5.75 Å². The summed E-state index contributed by atoms with van der Waals surface area (Å²) in [4.78, 5) is 4.40. The first kappa shape index (κ1) is 12.7. The number of H-pyrrole nitrogens is 1. The van der Waals surface area contributed by atoms with Crippen LogP contribution < -0.4 is 0 Å². The third kappa shape index (κ3) is 3.11. The average Bonchev–Trinajstić information content (AvgIpc) is 2.85. The number of nitriles is 1. The Morgan fingerprint density at radius 3 is 2.94 bits per heavy atom. The summed E-state index contributed by atoms with van der Waals surface area (Å²) in [6.07, 6.45) is 0. The van der Waals surface area contributed by atoms with Crippen LogP contribution in [0.15, 0.2) is 29.4 Å². The number of thioether (sulfide) groups is 1. The van der Waals surface area contributed by atoms with E-state index in [4.69, 9.17) is 5.26 Å². The number of nitrogens with zero attached hydrogens (tertiary/aromatic N) is 3. The summed E-state index contributed by atoms with van der Waals surface area (Å²) in [5.41, 5.74) is 1.79. The molecule has 1 aromatic carbocycles. The summed E-state index contributed by atoms with van der Waals surface area (Å²) in [5, 5.41) is 16.7. The predicted octanol–water partition coefficient (Wildman–Crippen LogP) is 3.09. The van der Waals surface area contributed by atoms with Gasteiger partial charge in [-0.2, -0.15) is 5.26 Å². The molecule has 5 heteroatoms. The van der Waals surface area contributed by atoms with Gasteiger partial charge in [0.15, 0.2) is 0 Å². The molecule has 0 atom stereocenters. The minimum atomic E-state index is 0.355. The number of rotatable bonds is 4. The topological polar surface area (TPSA) is 65.4 Å². The normalized spacial score (nSPS) is 10.6. The van der Waals surface area contributed by atoms with Crippen LogP contribution in [0.3, 0.4) is 0 Å². The van der Waals surface area contributed by atoms with Crippen molar-refractivity contribution in [3.05, 3.63) is 41.2 Å². The lowest BCUT2D eigenvalue weighted by Crippen LogP contribution is -1.89. The second-order valence-electron chi connectivity index (χ2n) is 4.26. The Morgan fingerprint density at radius 1 is 1.44 bits per heavy atom. The molecule has 0 aliphatic carbocycles. The van der Waals surface area contributed by atoms with Crippen LogP contribution in [0.2, 0.25) is 0 Å². The van der Waals surface area contributed by atoms with Crippen LogP contribution in [-0.4, -0.2) is 15.2 Å². The zero-order valence-corrected chi connectivity index (χ0v) is 11.2. The van der Waals surface area contributed by atoms with E-state index in [0.29, 0.717) is 11.5 Å². The molecule has 2 rings (SSSR count). The number of hydrogen-bond acceptors (Lipinski definition) is 4. The van der Waals surface area contributed by atoms with Gasteiger partial charge >= 0.3 is 0 Å². The predicted molar refractivity (Wildman–Crippen MR) is 71.2 cm³/mol. The van der Waals surface area contributed by atoms with Gasteiger partial charge in [0.25, 0.3) is 0 Å². The van der Waals surface area contributed by atoms with Crippen molar-refractivity contribution in [1.82, 2.24) is 15.2 Å². The van der Waals surface area contributed by atoms with Gasteiger partial charge in [-0.05, 0) is 17.7 Å². The van der Waals surface area contributed by atoms with Gasteiger partial charge in [-0.15, -0.1) is 5.10 Å². The molecule has 0 bridgehead atoms. The Morgan fingerprint density at radius 2 is 2.28 bits per heavy atom. The lowest BCUT2D eigenvalue weighted by Gasteiger charge is -1.99. The fraction of sp³-hybridized carbons (Fsp3) is 0.308. The molecule has 4 nitrogen and oxygen atoms in total. The van der Waals surface area contributed by atoms with Crippen LogP contribution in [0, 0.1) is 11.3 Å². The third-order valence-electron chi connectivity index (χ3n) is 2.45. The van der Waals surface area contributed by atoms with Gasteiger partial charge < -0.3 is 0 Å². The molecule has 0 fully saturated rings. The van der Waals surface area contributed by atoms with E-state index < -0.39 is 0 Å². The monoisotopic (exact) mass is 258 g/mol. The maximum absolute atomic E-state index is 8.83. The van der Waals surface area contributed by atoms with E-state index >= 15 is 0 Å². The van der Waals surface area contributed by atoms with E-state index in [1.54, 1.807) is 17.8 Å². The van der Waals surface area contributed by atoms with Gasteiger partial charge in [0.1, 0.15) is 5.82 Å². The van der Waals surface area contributed by atoms with Gasteiger partial charge in [0, 0.05) is 11.7 Å². The Hall–Kier alpha value is -1.80. The van der Waals surface area contributed by atoms with E-state index in [1.807, 2.05) is 18.2 Å². The van der Waals surface area contributed by atoms with Crippen molar-refractivity contribution >= 4 is 11.8 Å². The second-order valence-corrected chi connectivity index (χ2v) is 5.20. The standard InChI is InChI=1S/C13H14N4S/c1-9(2)12-15-13(17-16-12)18-8-11-5-3-4-10(6-11)7-14/h3-6,9H,8H2,1-2H3,(H,15,16,17). The highest BCUT2D eigenvalue weighted by atomic mass is 32.2. The molecule has 1 N–H and O–H groups in total. The fourth-order valence-corrected chi connectivity index (χ4v) is 2.21. The van der Waals surface area contributed by atoms with E-state index in [1.165, 1.54) is 0 Å². The molecule has 0 unspecified atom stereocenters. The first-order valence-corrected chi connectivity index (χ1v) is 6.71. The van der Waals surface area contributed by atoms with E-state index in [0.717, 1.165) is 22.3 Å². The lowest BCUT2D eigenvalue weighted by atomic mass is 10.2. The summed E-state index contributed by atoms with van der Waals surface area (Å²) in [6.45, 7) is 4.15. The number of aromatic amines is 1. The largest absolute Gasteiger partial charge is 0.262 e. The molecule has 1 aromatic heterocycles. The minimum absolute atomic E-state index is 0.355. The number of benzene rings is 1. The zero-order valence-electron chi connectivity index (χ0n) is 10.3. The van der Waals surface area contributed by atoms with Gasteiger partial charge in [0.2, 0.25) is 5.16 Å². The van der Waals surface area contributed by atoms with Crippen molar-refractivity contribution in [3.63, 3.8) is 0 Å². The maximum Gasteiger partial charge on any atom is 0.208 e. The number of aromatic nitrogens is 3. The molecule has 92 valence electrons. The highest BCUT2D eigenvalue weighted by Gasteiger charge is 2.07. The first-order valence-electron chi connectivity index (χ1n) is 5.73. The summed E-state index contributed by atoms with van der Waals surface area (Å²) >= 11 is 1.57. The van der Waals surface area contributed by atoms with E-state index in [2.05, 4.69) is 35.1 Å². The second kappa shape index (κ2) is 5.69. The SMILES string of the molecule is CC(C)c1nc(SCc2cccc(C#N)c2)n[nH]1. The molecule has 0 spiro atoms. The number of nitrogens with one attached hydrogen (secondary N) is 1. The van der Waals surface area contributed by atoms with Crippen LogP contribution in [0.25, 0.3) is 0 Å². The smallest absolute Gasteiger partial charge is 0.208 e. The summed E-state index contributed by atoms with van der Waals surface area (Å²) in [6, 6.07) is 9.73. The lowest BCUT2D eigenvalue weighted by molar-refractivity contribution is 0.780. The zero-order chi connectivity index (χ0) is 13.0. The van der Waals surface area contributed by atoms with Crippen molar-refractivity contribution in [3.8, 4) is 6.07 Å². The van der Waals surface area contributed by atoms with Crippen LogP contribution >= 0.6 is 11.8 Å². The maximum atomic E-state index is 8.83. The van der Waals surface area contributed by atoms with Crippen molar-refractivity contribution in [2.75, 3.05) is 0 Å². The third-order valence-corrected chi connectivity index (χ3v) is 3.37. The number of hydrogen-bond donors (Lipinski definition) is 1. The van der Waals surface area contributed by atoms with Crippen molar-refractivity contribution in [2.45, 2.75) is 30.7 Å². The summed E-state index contributed by atoms with van der Waals surface area (Å²) in [7, 11) is 0. The van der Waals surface area contributed by atoms with E-state index in [9.17, 15) is 0 Å². The summed E-state index contributed by atoms with van der Waals surface area (Å²) in [5.74, 6) is 2.03. The van der Waals surface area contributed by atoms with Gasteiger partial charge in [-0.3, -0.25) is 5.10 Å². The molecule has 1 heterocycles. The van der Waals surface area contributed by atoms with Gasteiger partial charge in [-0.1, -0.05) is 37.7 Å². The molecule has 0 saturated heterocycles. The molecular formula is C13H14N4S. The molecule has 0 aliphatic heterocycles. The van der Waals surface area contributed by atoms with Crippen molar-refractivity contribution < 1.29 is 0 Å². The van der Waals surface area contributed by atoms with Gasteiger partial charge in [0.05, 0.1) is 11.6 Å². The Kier molecular flexibility index (Phi) is 4.00. The highest BCUT2D eigenvalue weighted by Crippen LogP contribution is 2.21. The quantitative estimate of drug-likeness (QED) is 0.856. The Bertz CT molecular complexity index is 568. The fourth-order valence-electron chi connectivity index (χ4n) is 1.46. The minimum Gasteiger partial charge on any atom is -0.262 e. The van der Waals surface area contributed by atoms with Crippen LogP contribution in [0.4, 0.5) is 0 Å². The molecule has 0 amide bonds. The Balaban J connectivity index is 2.00. The van der Waals surface area contributed by atoms with Gasteiger partial charge in [-0.25, -0.2) is 4.98 Å².